The number of hydrogen-bond acceptors (Lipinski definition) is 2. The van der Waals surface area contributed by atoms with Gasteiger partial charge in [0.15, 0.2) is 0 Å². The number of hydrogen-bond donors (Lipinski definition) is 1. The molecule has 94 valence electrons. The van der Waals surface area contributed by atoms with E-state index in [0.29, 0.717) is 5.02 Å². The van der Waals surface area contributed by atoms with Gasteiger partial charge in [-0.2, -0.15) is 0 Å². The maximum absolute atomic E-state index is 11.8. The number of rotatable bonds is 1. The third-order valence-electron chi connectivity index (χ3n) is 2.11. The number of nitrogens with one attached hydrogen (secondary N) is 1. The fourth-order valence-electron chi connectivity index (χ4n) is 1.43. The van der Waals surface area contributed by atoms with Crippen LogP contribution in [0.5, 0.6) is 0 Å². The Kier molecular flexibility index (Phi) is 3.87. The van der Waals surface area contributed by atoms with Crippen LogP contribution in [0.25, 0.3) is 5.69 Å². The Labute approximate surface area is 124 Å². The second kappa shape index (κ2) is 5.09. The van der Waals surface area contributed by atoms with Crippen LogP contribution in [-0.2, 0) is 0 Å². The van der Waals surface area contributed by atoms with Gasteiger partial charge in [0.25, 0.3) is 5.56 Å². The number of aromatic amines is 1. The van der Waals surface area contributed by atoms with Gasteiger partial charge in [0, 0.05) is 11.1 Å². The highest BCUT2D eigenvalue weighted by atomic mass is 79.9. The van der Waals surface area contributed by atoms with Crippen molar-refractivity contribution >= 4 is 50.7 Å². The number of H-pyrrole nitrogens is 1. The smallest absolute Gasteiger partial charge is 0.301 e. The summed E-state index contributed by atoms with van der Waals surface area (Å²) in [5.74, 6) is 0. The molecule has 0 radical (unpaired) electrons. The molecule has 0 spiro atoms. The minimum atomic E-state index is -0.652. The van der Waals surface area contributed by atoms with E-state index in [2.05, 4.69) is 20.9 Å². The molecule has 0 amide bonds. The van der Waals surface area contributed by atoms with E-state index in [1.54, 1.807) is 0 Å². The van der Waals surface area contributed by atoms with E-state index in [1.807, 2.05) is 0 Å². The van der Waals surface area contributed by atoms with Gasteiger partial charge in [-0.3, -0.25) is 4.79 Å². The normalized spacial score (nSPS) is 10.7. The van der Waals surface area contributed by atoms with Crippen LogP contribution in [0.1, 0.15) is 0 Å². The van der Waals surface area contributed by atoms with Crippen molar-refractivity contribution in [3.05, 3.63) is 58.7 Å². The molecule has 0 unspecified atom stereocenters. The number of aromatic nitrogens is 2. The Morgan fingerprint density at radius 1 is 1.06 bits per heavy atom. The average Bonchev–Trinajstić information content (AvgIpc) is 2.20. The molecule has 1 heterocycles. The van der Waals surface area contributed by atoms with E-state index >= 15 is 0 Å². The molecule has 1 aromatic carbocycles. The summed E-state index contributed by atoms with van der Waals surface area (Å²) < 4.78 is 1.11. The summed E-state index contributed by atoms with van der Waals surface area (Å²) in [6.07, 6.45) is 0. The summed E-state index contributed by atoms with van der Waals surface area (Å²) in [6.45, 7) is 0. The highest BCUT2D eigenvalue weighted by Crippen LogP contribution is 2.30. The quantitative estimate of drug-likeness (QED) is 0.784. The third-order valence-corrected chi connectivity index (χ3v) is 3.33. The van der Waals surface area contributed by atoms with Gasteiger partial charge in [0.2, 0.25) is 0 Å². The Hall–Kier alpha value is -0.750. The van der Waals surface area contributed by atoms with Crippen molar-refractivity contribution in [3.63, 3.8) is 0 Å². The molecule has 0 fully saturated rings. The van der Waals surface area contributed by atoms with Gasteiger partial charge in [-0.05, 0) is 28.1 Å². The first kappa shape index (κ1) is 13.7. The standard InChI is InChI=1S/C10H4BrCl3N2O2/c11-7-3-8(17)16(10(18)15-7)9-5(13)1-4(12)2-6(9)14/h1-3H,(H,15,18). The fraction of sp³-hybridized carbons (Fsp3) is 0. The second-order valence-corrected chi connectivity index (χ2v) is 5.42. The lowest BCUT2D eigenvalue weighted by Crippen LogP contribution is -2.33. The zero-order valence-electron chi connectivity index (χ0n) is 8.51. The van der Waals surface area contributed by atoms with Crippen LogP contribution in [0.15, 0.2) is 32.4 Å². The van der Waals surface area contributed by atoms with Gasteiger partial charge in [-0.1, -0.05) is 34.8 Å². The van der Waals surface area contributed by atoms with Gasteiger partial charge >= 0.3 is 5.69 Å². The molecule has 2 rings (SSSR count). The topological polar surface area (TPSA) is 54.9 Å². The molecule has 0 aliphatic rings. The predicted molar refractivity (Wildman–Crippen MR) is 75.4 cm³/mol. The van der Waals surface area contributed by atoms with E-state index in [1.165, 1.54) is 18.2 Å². The Balaban J connectivity index is 2.87. The summed E-state index contributed by atoms with van der Waals surface area (Å²) >= 11 is 20.7. The minimum absolute atomic E-state index is 0.0986. The van der Waals surface area contributed by atoms with Crippen LogP contribution < -0.4 is 11.2 Å². The van der Waals surface area contributed by atoms with Gasteiger partial charge in [-0.25, -0.2) is 9.36 Å². The monoisotopic (exact) mass is 368 g/mol. The molecule has 0 aliphatic carbocycles. The van der Waals surface area contributed by atoms with Crippen LogP contribution in [-0.4, -0.2) is 9.55 Å². The molecular weight excluding hydrogens is 366 g/mol. The Morgan fingerprint density at radius 3 is 2.11 bits per heavy atom. The predicted octanol–water partition coefficient (Wildman–Crippen LogP) is 3.25. The Bertz CT molecular complexity index is 684. The van der Waals surface area contributed by atoms with Crippen LogP contribution in [0.2, 0.25) is 15.1 Å². The summed E-state index contributed by atoms with van der Waals surface area (Å²) in [5.41, 5.74) is -1.11. The second-order valence-electron chi connectivity index (χ2n) is 3.31. The zero-order valence-corrected chi connectivity index (χ0v) is 12.4. The lowest BCUT2D eigenvalue weighted by Gasteiger charge is -2.09. The third kappa shape index (κ3) is 2.49. The molecule has 0 aliphatic heterocycles. The largest absolute Gasteiger partial charge is 0.333 e. The summed E-state index contributed by atoms with van der Waals surface area (Å²) in [6, 6.07) is 4.00. The first-order valence-electron chi connectivity index (χ1n) is 4.57. The van der Waals surface area contributed by atoms with Crippen molar-refractivity contribution in [2.24, 2.45) is 0 Å². The first-order chi connectivity index (χ1) is 8.40. The zero-order chi connectivity index (χ0) is 13.4. The highest BCUT2D eigenvalue weighted by molar-refractivity contribution is 9.10. The molecule has 0 atom stereocenters. The molecule has 1 aromatic heterocycles. The van der Waals surface area contributed by atoms with Gasteiger partial charge in [0.1, 0.15) is 0 Å². The van der Waals surface area contributed by atoms with E-state index in [9.17, 15) is 9.59 Å². The lowest BCUT2D eigenvalue weighted by molar-refractivity contribution is 0.866. The lowest BCUT2D eigenvalue weighted by atomic mass is 10.3. The molecule has 4 nitrogen and oxygen atoms in total. The molecular formula is C10H4BrCl3N2O2. The Morgan fingerprint density at radius 2 is 1.61 bits per heavy atom. The maximum atomic E-state index is 11.8. The van der Waals surface area contributed by atoms with Crippen molar-refractivity contribution in [2.75, 3.05) is 0 Å². The van der Waals surface area contributed by atoms with Crippen molar-refractivity contribution < 1.29 is 0 Å². The first-order valence-corrected chi connectivity index (χ1v) is 6.49. The summed E-state index contributed by atoms with van der Waals surface area (Å²) in [4.78, 5) is 26.0. The van der Waals surface area contributed by atoms with Crippen molar-refractivity contribution in [1.29, 1.82) is 0 Å². The molecule has 0 bridgehead atoms. The number of benzene rings is 1. The number of halogens is 4. The van der Waals surface area contributed by atoms with E-state index in [-0.39, 0.29) is 20.3 Å². The molecule has 1 N–H and O–H groups in total. The minimum Gasteiger partial charge on any atom is -0.301 e. The van der Waals surface area contributed by atoms with Crippen LogP contribution in [0.4, 0.5) is 0 Å². The van der Waals surface area contributed by atoms with E-state index in [0.717, 1.165) is 4.57 Å². The van der Waals surface area contributed by atoms with Crippen LogP contribution in [0, 0.1) is 0 Å². The molecule has 18 heavy (non-hydrogen) atoms. The van der Waals surface area contributed by atoms with Gasteiger partial charge in [-0.15, -0.1) is 0 Å². The SMILES string of the molecule is O=c1cc(Br)[nH]c(=O)n1-c1c(Cl)cc(Cl)cc1Cl. The highest BCUT2D eigenvalue weighted by Gasteiger charge is 2.14. The molecule has 8 heteroatoms. The maximum Gasteiger partial charge on any atom is 0.333 e. The van der Waals surface area contributed by atoms with E-state index in [4.69, 9.17) is 34.8 Å². The summed E-state index contributed by atoms with van der Waals surface area (Å²) in [7, 11) is 0. The van der Waals surface area contributed by atoms with Crippen molar-refractivity contribution in [2.45, 2.75) is 0 Å². The molecule has 0 saturated carbocycles. The van der Waals surface area contributed by atoms with Gasteiger partial charge in [0.05, 0.1) is 20.3 Å². The van der Waals surface area contributed by atoms with Gasteiger partial charge < -0.3 is 4.98 Å². The fourth-order valence-corrected chi connectivity index (χ4v) is 2.78. The number of nitrogens with zero attached hydrogens (tertiary/aromatic N) is 1. The van der Waals surface area contributed by atoms with Crippen molar-refractivity contribution in [3.8, 4) is 5.69 Å². The average molecular weight is 370 g/mol. The van der Waals surface area contributed by atoms with E-state index < -0.39 is 11.2 Å². The molecule has 2 aromatic rings. The van der Waals surface area contributed by atoms with Crippen molar-refractivity contribution in [1.82, 2.24) is 9.55 Å². The van der Waals surface area contributed by atoms with Crippen LogP contribution >= 0.6 is 50.7 Å². The molecule has 0 saturated heterocycles. The van der Waals surface area contributed by atoms with Crippen LogP contribution in [0.3, 0.4) is 0 Å². The summed E-state index contributed by atoms with van der Waals surface area (Å²) in [5, 5.41) is 0.542.